The van der Waals surface area contributed by atoms with Crippen LogP contribution in [0.5, 0.6) is 0 Å². The Bertz CT molecular complexity index is 251. The normalized spacial score (nSPS) is 21.0. The lowest BCUT2D eigenvalue weighted by Crippen LogP contribution is -2.41. The van der Waals surface area contributed by atoms with Crippen LogP contribution in [0.25, 0.3) is 0 Å². The van der Waals surface area contributed by atoms with E-state index in [1.165, 1.54) is 6.21 Å². The molecule has 1 N–H and O–H groups in total. The Morgan fingerprint density at radius 2 is 2.23 bits per heavy atom. The second-order valence-electron chi connectivity index (χ2n) is 3.79. The van der Waals surface area contributed by atoms with Crippen LogP contribution in [-0.2, 0) is 9.53 Å². The van der Waals surface area contributed by atoms with E-state index >= 15 is 0 Å². The number of rotatable bonds is 1. The first kappa shape index (κ1) is 9.77. The first-order chi connectivity index (χ1) is 5.99. The van der Waals surface area contributed by atoms with Gasteiger partial charge in [-0.3, -0.25) is 4.99 Å². The number of esters is 1. The summed E-state index contributed by atoms with van der Waals surface area (Å²) < 4.78 is 5.15. The summed E-state index contributed by atoms with van der Waals surface area (Å²) >= 11 is 0. The van der Waals surface area contributed by atoms with E-state index in [2.05, 4.69) is 10.3 Å². The molecular weight excluding hydrogens is 168 g/mol. The SMILES string of the molecule is CC(C)(C)OC(=O)C1C=NC=CN1. The van der Waals surface area contributed by atoms with E-state index in [0.29, 0.717) is 0 Å². The lowest BCUT2D eigenvalue weighted by atomic mass is 10.2. The molecule has 1 rings (SSSR count). The average molecular weight is 182 g/mol. The molecule has 72 valence electrons. The zero-order chi connectivity index (χ0) is 9.90. The molecule has 0 bridgehead atoms. The van der Waals surface area contributed by atoms with Crippen molar-refractivity contribution in [3.63, 3.8) is 0 Å². The predicted octanol–water partition coefficient (Wildman–Crippen LogP) is 0.842. The van der Waals surface area contributed by atoms with Crippen LogP contribution in [0.3, 0.4) is 0 Å². The van der Waals surface area contributed by atoms with Crippen molar-refractivity contribution in [1.29, 1.82) is 0 Å². The van der Waals surface area contributed by atoms with Crippen LogP contribution >= 0.6 is 0 Å². The van der Waals surface area contributed by atoms with Crippen molar-refractivity contribution in [2.75, 3.05) is 0 Å². The summed E-state index contributed by atoms with van der Waals surface area (Å²) in [5.41, 5.74) is -0.451. The fourth-order valence-corrected chi connectivity index (χ4v) is 0.863. The Morgan fingerprint density at radius 3 is 2.69 bits per heavy atom. The Hall–Kier alpha value is -1.32. The molecule has 0 radical (unpaired) electrons. The van der Waals surface area contributed by atoms with Gasteiger partial charge < -0.3 is 10.1 Å². The van der Waals surface area contributed by atoms with E-state index in [1.54, 1.807) is 12.4 Å². The number of carbonyl (C=O) groups excluding carboxylic acids is 1. The molecule has 0 saturated heterocycles. The highest BCUT2D eigenvalue weighted by Crippen LogP contribution is 2.08. The molecule has 13 heavy (non-hydrogen) atoms. The zero-order valence-electron chi connectivity index (χ0n) is 8.07. The zero-order valence-corrected chi connectivity index (χ0v) is 8.07. The Labute approximate surface area is 77.7 Å². The molecule has 1 atom stereocenters. The Kier molecular flexibility index (Phi) is 2.70. The van der Waals surface area contributed by atoms with Crippen LogP contribution in [0.15, 0.2) is 17.4 Å². The third kappa shape index (κ3) is 3.27. The minimum absolute atomic E-state index is 0.305. The number of nitrogens with one attached hydrogen (secondary N) is 1. The van der Waals surface area contributed by atoms with Crippen molar-refractivity contribution in [1.82, 2.24) is 5.32 Å². The fourth-order valence-electron chi connectivity index (χ4n) is 0.863. The molecular formula is C9H14N2O2. The van der Waals surface area contributed by atoms with Gasteiger partial charge in [-0.05, 0) is 20.8 Å². The van der Waals surface area contributed by atoms with Gasteiger partial charge in [0.1, 0.15) is 5.60 Å². The fraction of sp³-hybridized carbons (Fsp3) is 0.556. The summed E-state index contributed by atoms with van der Waals surface area (Å²) in [6.45, 7) is 5.50. The van der Waals surface area contributed by atoms with Crippen LogP contribution in [0, 0.1) is 0 Å². The highest BCUT2D eigenvalue weighted by atomic mass is 16.6. The van der Waals surface area contributed by atoms with E-state index in [1.807, 2.05) is 20.8 Å². The van der Waals surface area contributed by atoms with Crippen LogP contribution in [0.4, 0.5) is 0 Å². The van der Waals surface area contributed by atoms with Gasteiger partial charge in [-0.15, -0.1) is 0 Å². The van der Waals surface area contributed by atoms with Crippen molar-refractivity contribution < 1.29 is 9.53 Å². The van der Waals surface area contributed by atoms with Gasteiger partial charge in [0.15, 0.2) is 6.04 Å². The van der Waals surface area contributed by atoms with Gasteiger partial charge in [-0.25, -0.2) is 4.79 Å². The van der Waals surface area contributed by atoms with Gasteiger partial charge in [0.2, 0.25) is 0 Å². The van der Waals surface area contributed by atoms with Crippen LogP contribution in [0.1, 0.15) is 20.8 Å². The average Bonchev–Trinajstić information content (AvgIpc) is 2.03. The topological polar surface area (TPSA) is 50.7 Å². The smallest absolute Gasteiger partial charge is 0.334 e. The molecule has 1 aliphatic rings. The third-order valence-electron chi connectivity index (χ3n) is 1.33. The molecule has 0 saturated carbocycles. The summed E-state index contributed by atoms with van der Waals surface area (Å²) in [7, 11) is 0. The summed E-state index contributed by atoms with van der Waals surface area (Å²) in [6, 6.07) is -0.454. The molecule has 1 heterocycles. The maximum Gasteiger partial charge on any atom is 0.334 e. The number of hydrogen-bond acceptors (Lipinski definition) is 4. The minimum atomic E-state index is -0.454. The lowest BCUT2D eigenvalue weighted by Gasteiger charge is -2.22. The van der Waals surface area contributed by atoms with Gasteiger partial charge in [-0.2, -0.15) is 0 Å². The molecule has 1 aliphatic heterocycles. The minimum Gasteiger partial charge on any atom is -0.458 e. The summed E-state index contributed by atoms with van der Waals surface area (Å²) in [5, 5.41) is 2.84. The molecule has 4 heteroatoms. The van der Waals surface area contributed by atoms with E-state index in [-0.39, 0.29) is 5.97 Å². The molecule has 0 amide bonds. The number of nitrogens with zero attached hydrogens (tertiary/aromatic N) is 1. The first-order valence-corrected chi connectivity index (χ1v) is 4.16. The Balaban J connectivity index is 2.49. The quantitative estimate of drug-likeness (QED) is 0.611. The van der Waals surface area contributed by atoms with Crippen molar-refractivity contribution in [3.8, 4) is 0 Å². The van der Waals surface area contributed by atoms with Crippen molar-refractivity contribution in [2.24, 2.45) is 4.99 Å². The van der Waals surface area contributed by atoms with E-state index in [9.17, 15) is 4.79 Å². The number of carbonyl (C=O) groups is 1. The van der Waals surface area contributed by atoms with Crippen LogP contribution in [-0.4, -0.2) is 23.8 Å². The Morgan fingerprint density at radius 1 is 1.54 bits per heavy atom. The summed E-state index contributed by atoms with van der Waals surface area (Å²) in [6.07, 6.45) is 4.73. The van der Waals surface area contributed by atoms with Gasteiger partial charge in [0.05, 0.1) is 0 Å². The van der Waals surface area contributed by atoms with E-state index in [0.717, 1.165) is 0 Å². The maximum absolute atomic E-state index is 11.4. The van der Waals surface area contributed by atoms with E-state index in [4.69, 9.17) is 4.74 Å². The van der Waals surface area contributed by atoms with Gasteiger partial charge in [0, 0.05) is 18.6 Å². The molecule has 0 fully saturated rings. The third-order valence-corrected chi connectivity index (χ3v) is 1.33. The largest absolute Gasteiger partial charge is 0.458 e. The maximum atomic E-state index is 11.4. The van der Waals surface area contributed by atoms with E-state index < -0.39 is 11.6 Å². The van der Waals surface area contributed by atoms with Crippen LogP contribution in [0.2, 0.25) is 0 Å². The van der Waals surface area contributed by atoms with Crippen molar-refractivity contribution >= 4 is 12.2 Å². The highest BCUT2D eigenvalue weighted by molar-refractivity contribution is 5.95. The second kappa shape index (κ2) is 3.60. The predicted molar refractivity (Wildman–Crippen MR) is 50.4 cm³/mol. The van der Waals surface area contributed by atoms with Crippen molar-refractivity contribution in [3.05, 3.63) is 12.4 Å². The molecule has 0 aromatic carbocycles. The standard InChI is InChI=1S/C9H14N2O2/c1-9(2,3)13-8(12)7-6-10-4-5-11-7/h4-7,11H,1-3H3. The second-order valence-corrected chi connectivity index (χ2v) is 3.79. The summed E-state index contributed by atoms with van der Waals surface area (Å²) in [4.78, 5) is 15.2. The molecule has 0 aliphatic carbocycles. The molecule has 0 aromatic heterocycles. The molecule has 4 nitrogen and oxygen atoms in total. The molecule has 0 aromatic rings. The number of aliphatic imine (C=N–C) groups is 1. The molecule has 1 unspecified atom stereocenters. The number of hydrogen-bond donors (Lipinski definition) is 1. The van der Waals surface area contributed by atoms with Gasteiger partial charge in [0.25, 0.3) is 0 Å². The lowest BCUT2D eigenvalue weighted by molar-refractivity contribution is -0.155. The summed E-state index contributed by atoms with van der Waals surface area (Å²) in [5.74, 6) is -0.305. The molecule has 0 spiro atoms. The monoisotopic (exact) mass is 182 g/mol. The van der Waals surface area contributed by atoms with Gasteiger partial charge in [-0.1, -0.05) is 0 Å². The number of ether oxygens (including phenoxy) is 1. The van der Waals surface area contributed by atoms with Crippen molar-refractivity contribution in [2.45, 2.75) is 32.4 Å². The first-order valence-electron chi connectivity index (χ1n) is 4.16. The highest BCUT2D eigenvalue weighted by Gasteiger charge is 2.23. The van der Waals surface area contributed by atoms with Gasteiger partial charge >= 0.3 is 5.97 Å². The van der Waals surface area contributed by atoms with Crippen LogP contribution < -0.4 is 5.32 Å².